The number of nitrogens with zero attached hydrogens (tertiary/aromatic N) is 1. The summed E-state index contributed by atoms with van der Waals surface area (Å²) in [7, 11) is 0. The first-order chi connectivity index (χ1) is 7.61. The first-order valence-corrected chi connectivity index (χ1v) is 5.15. The summed E-state index contributed by atoms with van der Waals surface area (Å²) in [5.74, 6) is -2.24. The Labute approximate surface area is 91.8 Å². The Bertz CT molecular complexity index is 434. The topological polar surface area (TPSA) is 46.3 Å². The average Bonchev–Trinajstić information content (AvgIpc) is 2.27. The van der Waals surface area contributed by atoms with Gasteiger partial charge in [0.05, 0.1) is 5.69 Å². The Morgan fingerprint density at radius 2 is 2.00 bits per heavy atom. The SMILES string of the molecule is Nc1ccc(F)c(F)c1N1CCCCC1=O. The molecule has 2 rings (SSSR count). The van der Waals surface area contributed by atoms with Crippen molar-refractivity contribution in [3.8, 4) is 0 Å². The summed E-state index contributed by atoms with van der Waals surface area (Å²) >= 11 is 0. The molecular weight excluding hydrogens is 214 g/mol. The molecule has 0 bridgehead atoms. The Hall–Kier alpha value is -1.65. The zero-order valence-corrected chi connectivity index (χ0v) is 8.67. The van der Waals surface area contributed by atoms with Gasteiger partial charge in [0.1, 0.15) is 5.69 Å². The number of piperidine rings is 1. The molecule has 5 heteroatoms. The minimum Gasteiger partial charge on any atom is -0.397 e. The molecule has 1 saturated heterocycles. The second-order valence-electron chi connectivity index (χ2n) is 3.80. The van der Waals surface area contributed by atoms with Gasteiger partial charge in [0.2, 0.25) is 5.91 Å². The number of hydrogen-bond donors (Lipinski definition) is 1. The lowest BCUT2D eigenvalue weighted by Gasteiger charge is -2.28. The molecule has 0 atom stereocenters. The smallest absolute Gasteiger partial charge is 0.227 e. The second kappa shape index (κ2) is 4.08. The van der Waals surface area contributed by atoms with Gasteiger partial charge in [-0.15, -0.1) is 0 Å². The molecule has 86 valence electrons. The number of benzene rings is 1. The van der Waals surface area contributed by atoms with Crippen LogP contribution in [0.3, 0.4) is 0 Å². The summed E-state index contributed by atoms with van der Waals surface area (Å²) in [5, 5.41) is 0. The van der Waals surface area contributed by atoms with Gasteiger partial charge in [0.15, 0.2) is 11.6 Å². The van der Waals surface area contributed by atoms with E-state index in [0.717, 1.165) is 18.9 Å². The van der Waals surface area contributed by atoms with E-state index >= 15 is 0 Å². The number of carbonyl (C=O) groups is 1. The van der Waals surface area contributed by atoms with E-state index < -0.39 is 11.6 Å². The van der Waals surface area contributed by atoms with Crippen LogP contribution in [0.1, 0.15) is 19.3 Å². The maximum atomic E-state index is 13.6. The van der Waals surface area contributed by atoms with E-state index in [1.54, 1.807) is 0 Å². The molecule has 16 heavy (non-hydrogen) atoms. The summed E-state index contributed by atoms with van der Waals surface area (Å²) in [6.07, 6.45) is 1.92. The van der Waals surface area contributed by atoms with Crippen LogP contribution >= 0.6 is 0 Å². The van der Waals surface area contributed by atoms with Crippen molar-refractivity contribution >= 4 is 17.3 Å². The highest BCUT2D eigenvalue weighted by molar-refractivity contribution is 5.97. The lowest BCUT2D eigenvalue weighted by Crippen LogP contribution is -2.36. The van der Waals surface area contributed by atoms with Crippen LogP contribution in [0.4, 0.5) is 20.2 Å². The standard InChI is InChI=1S/C11H12F2N2O/c12-7-4-5-8(14)11(10(7)13)15-6-2-1-3-9(15)16/h4-5H,1-3,6,14H2. The summed E-state index contributed by atoms with van der Waals surface area (Å²) < 4.78 is 26.6. The normalized spacial score (nSPS) is 16.6. The van der Waals surface area contributed by atoms with Crippen molar-refractivity contribution in [2.45, 2.75) is 19.3 Å². The van der Waals surface area contributed by atoms with Crippen LogP contribution in [-0.4, -0.2) is 12.5 Å². The van der Waals surface area contributed by atoms with Crippen molar-refractivity contribution in [1.82, 2.24) is 0 Å². The summed E-state index contributed by atoms with van der Waals surface area (Å²) in [6.45, 7) is 0.392. The minimum atomic E-state index is -1.05. The minimum absolute atomic E-state index is 0.0918. The molecule has 1 amide bonds. The van der Waals surface area contributed by atoms with Crippen LogP contribution in [0.25, 0.3) is 0 Å². The van der Waals surface area contributed by atoms with E-state index in [4.69, 9.17) is 5.73 Å². The largest absolute Gasteiger partial charge is 0.397 e. The van der Waals surface area contributed by atoms with Gasteiger partial charge >= 0.3 is 0 Å². The molecule has 1 fully saturated rings. The third-order valence-electron chi connectivity index (χ3n) is 2.69. The van der Waals surface area contributed by atoms with E-state index in [1.165, 1.54) is 11.0 Å². The first kappa shape index (κ1) is 10.9. The second-order valence-corrected chi connectivity index (χ2v) is 3.80. The number of carbonyl (C=O) groups excluding carboxylic acids is 1. The number of halogens is 2. The number of nitrogens with two attached hydrogens (primary N) is 1. The van der Waals surface area contributed by atoms with E-state index in [0.29, 0.717) is 13.0 Å². The zero-order valence-electron chi connectivity index (χ0n) is 8.67. The fourth-order valence-corrected chi connectivity index (χ4v) is 1.87. The van der Waals surface area contributed by atoms with Gasteiger partial charge in [-0.05, 0) is 25.0 Å². The van der Waals surface area contributed by atoms with Crippen LogP contribution in [-0.2, 0) is 4.79 Å². The third-order valence-corrected chi connectivity index (χ3v) is 2.69. The fraction of sp³-hybridized carbons (Fsp3) is 0.364. The van der Waals surface area contributed by atoms with Crippen LogP contribution in [0.5, 0.6) is 0 Å². The summed E-state index contributed by atoms with van der Waals surface area (Å²) in [5.41, 5.74) is 5.55. The molecule has 2 N–H and O–H groups in total. The molecule has 0 aromatic heterocycles. The summed E-state index contributed by atoms with van der Waals surface area (Å²) in [6, 6.07) is 2.23. The van der Waals surface area contributed by atoms with E-state index in [1.807, 2.05) is 0 Å². The number of amides is 1. The van der Waals surface area contributed by atoms with Gasteiger partial charge in [-0.1, -0.05) is 0 Å². The molecule has 3 nitrogen and oxygen atoms in total. The van der Waals surface area contributed by atoms with E-state index in [9.17, 15) is 13.6 Å². The monoisotopic (exact) mass is 226 g/mol. The molecule has 0 radical (unpaired) electrons. The van der Waals surface area contributed by atoms with Crippen molar-refractivity contribution in [1.29, 1.82) is 0 Å². The predicted molar refractivity (Wildman–Crippen MR) is 57.0 cm³/mol. The molecule has 0 aliphatic carbocycles. The maximum Gasteiger partial charge on any atom is 0.227 e. The van der Waals surface area contributed by atoms with Crippen LogP contribution < -0.4 is 10.6 Å². The van der Waals surface area contributed by atoms with Gasteiger partial charge in [-0.2, -0.15) is 0 Å². The third kappa shape index (κ3) is 1.73. The molecule has 1 aromatic rings. The van der Waals surface area contributed by atoms with Crippen molar-refractivity contribution < 1.29 is 13.6 Å². The Balaban J connectivity index is 2.46. The number of nitrogen functional groups attached to an aromatic ring is 1. The summed E-state index contributed by atoms with van der Waals surface area (Å²) in [4.78, 5) is 12.8. The molecule has 1 aliphatic heterocycles. The molecular formula is C11H12F2N2O. The molecule has 1 aromatic carbocycles. The highest BCUT2D eigenvalue weighted by Gasteiger charge is 2.25. The first-order valence-electron chi connectivity index (χ1n) is 5.15. The zero-order chi connectivity index (χ0) is 11.7. The predicted octanol–water partition coefficient (Wildman–Crippen LogP) is 2.06. The van der Waals surface area contributed by atoms with Gasteiger partial charge in [-0.25, -0.2) is 8.78 Å². The Kier molecular flexibility index (Phi) is 2.77. The lowest BCUT2D eigenvalue weighted by molar-refractivity contribution is -0.119. The van der Waals surface area contributed by atoms with Crippen LogP contribution in [0.2, 0.25) is 0 Å². The lowest BCUT2D eigenvalue weighted by atomic mass is 10.1. The van der Waals surface area contributed by atoms with Gasteiger partial charge in [0, 0.05) is 13.0 Å². The number of anilines is 2. The highest BCUT2D eigenvalue weighted by atomic mass is 19.2. The molecule has 1 aliphatic rings. The van der Waals surface area contributed by atoms with Crippen LogP contribution in [0.15, 0.2) is 12.1 Å². The Morgan fingerprint density at radius 3 is 2.69 bits per heavy atom. The van der Waals surface area contributed by atoms with Gasteiger partial charge < -0.3 is 10.6 Å². The van der Waals surface area contributed by atoms with Crippen molar-refractivity contribution in [2.75, 3.05) is 17.2 Å². The van der Waals surface area contributed by atoms with Crippen molar-refractivity contribution in [3.05, 3.63) is 23.8 Å². The molecule has 1 heterocycles. The molecule has 0 spiro atoms. The maximum absolute atomic E-state index is 13.6. The average molecular weight is 226 g/mol. The Morgan fingerprint density at radius 1 is 1.25 bits per heavy atom. The van der Waals surface area contributed by atoms with E-state index in [2.05, 4.69) is 0 Å². The fourth-order valence-electron chi connectivity index (χ4n) is 1.87. The van der Waals surface area contributed by atoms with Crippen LogP contribution in [0, 0.1) is 11.6 Å². The van der Waals surface area contributed by atoms with Gasteiger partial charge in [0.25, 0.3) is 0 Å². The van der Waals surface area contributed by atoms with Crippen molar-refractivity contribution in [2.24, 2.45) is 0 Å². The molecule has 0 unspecified atom stereocenters. The highest BCUT2D eigenvalue weighted by Crippen LogP contribution is 2.31. The van der Waals surface area contributed by atoms with E-state index in [-0.39, 0.29) is 17.3 Å². The van der Waals surface area contributed by atoms with Crippen molar-refractivity contribution in [3.63, 3.8) is 0 Å². The number of rotatable bonds is 1. The number of hydrogen-bond acceptors (Lipinski definition) is 2. The quantitative estimate of drug-likeness (QED) is 0.745. The van der Waals surface area contributed by atoms with Gasteiger partial charge in [-0.3, -0.25) is 4.79 Å². The molecule has 0 saturated carbocycles.